The minimum atomic E-state index is -0.467. The van der Waals surface area contributed by atoms with E-state index < -0.39 is 5.41 Å². The van der Waals surface area contributed by atoms with Gasteiger partial charge in [0.1, 0.15) is 6.04 Å². The Hall–Kier alpha value is -3.32. The van der Waals surface area contributed by atoms with Gasteiger partial charge in [0.25, 0.3) is 5.56 Å². The quantitative estimate of drug-likeness (QED) is 0.706. The standard InChI is InChI=1S/C23H22N4O3/c28-21-7-6-18(16-8-12-24-13-9-16)26-27(21)20-15-30-14-19(20)25-22(29)23(10-11-23)17-4-2-1-3-5-17/h1-9,12-13,19-20H,10-11,14-15H2,(H,25,29). The van der Waals surface area contributed by atoms with Gasteiger partial charge in [-0.25, -0.2) is 4.68 Å². The van der Waals surface area contributed by atoms with E-state index in [4.69, 9.17) is 4.74 Å². The van der Waals surface area contributed by atoms with Crippen molar-refractivity contribution >= 4 is 5.91 Å². The van der Waals surface area contributed by atoms with Gasteiger partial charge in [-0.2, -0.15) is 5.10 Å². The first-order valence-corrected chi connectivity index (χ1v) is 10.1. The Balaban J connectivity index is 1.40. The van der Waals surface area contributed by atoms with Crippen LogP contribution >= 0.6 is 0 Å². The van der Waals surface area contributed by atoms with Crippen LogP contribution in [-0.2, 0) is 14.9 Å². The Morgan fingerprint density at radius 1 is 1.03 bits per heavy atom. The van der Waals surface area contributed by atoms with E-state index in [9.17, 15) is 9.59 Å². The van der Waals surface area contributed by atoms with Crippen LogP contribution in [0.2, 0.25) is 0 Å². The number of carbonyl (C=O) groups is 1. The average molecular weight is 402 g/mol. The van der Waals surface area contributed by atoms with Gasteiger partial charge in [0, 0.05) is 24.0 Å². The third-order valence-electron chi connectivity index (χ3n) is 5.99. The number of nitrogens with one attached hydrogen (secondary N) is 1. The van der Waals surface area contributed by atoms with Gasteiger partial charge in [-0.1, -0.05) is 30.3 Å². The molecule has 3 heterocycles. The molecule has 2 aliphatic rings. The smallest absolute Gasteiger partial charge is 0.267 e. The molecule has 2 aromatic heterocycles. The molecule has 1 aliphatic heterocycles. The first-order valence-electron chi connectivity index (χ1n) is 10.1. The number of carbonyl (C=O) groups excluding carboxylic acids is 1. The zero-order chi connectivity index (χ0) is 20.6. The van der Waals surface area contributed by atoms with Gasteiger partial charge in [0.2, 0.25) is 5.91 Å². The minimum absolute atomic E-state index is 0.00691. The summed E-state index contributed by atoms with van der Waals surface area (Å²) in [5, 5.41) is 7.70. The number of nitrogens with zero attached hydrogens (tertiary/aromatic N) is 3. The lowest BCUT2D eigenvalue weighted by molar-refractivity contribution is -0.124. The third kappa shape index (κ3) is 3.31. The summed E-state index contributed by atoms with van der Waals surface area (Å²) in [6.45, 7) is 0.685. The highest BCUT2D eigenvalue weighted by Crippen LogP contribution is 2.48. The van der Waals surface area contributed by atoms with E-state index in [0.717, 1.165) is 24.0 Å². The fraction of sp³-hybridized carbons (Fsp3) is 0.304. The summed E-state index contributed by atoms with van der Waals surface area (Å²) in [6, 6.07) is 16.1. The molecule has 1 N–H and O–H groups in total. The van der Waals surface area contributed by atoms with Crippen LogP contribution in [0.1, 0.15) is 24.4 Å². The predicted octanol–water partition coefficient (Wildman–Crippen LogP) is 2.09. The van der Waals surface area contributed by atoms with Gasteiger partial charge in [0.15, 0.2) is 0 Å². The van der Waals surface area contributed by atoms with E-state index in [-0.39, 0.29) is 23.6 Å². The molecule has 7 heteroatoms. The second-order valence-corrected chi connectivity index (χ2v) is 7.87. The number of benzene rings is 1. The molecule has 0 spiro atoms. The highest BCUT2D eigenvalue weighted by atomic mass is 16.5. The summed E-state index contributed by atoms with van der Waals surface area (Å²) < 4.78 is 7.08. The lowest BCUT2D eigenvalue weighted by atomic mass is 9.94. The topological polar surface area (TPSA) is 86.1 Å². The number of aromatic nitrogens is 3. The number of amides is 1. The molecule has 1 aliphatic carbocycles. The molecule has 2 fully saturated rings. The Morgan fingerprint density at radius 3 is 2.53 bits per heavy atom. The summed E-state index contributed by atoms with van der Waals surface area (Å²) in [6.07, 6.45) is 5.04. The maximum absolute atomic E-state index is 13.2. The molecule has 1 aromatic carbocycles. The van der Waals surface area contributed by atoms with Crippen molar-refractivity contribution in [3.05, 3.63) is 82.9 Å². The van der Waals surface area contributed by atoms with Crippen molar-refractivity contribution in [3.8, 4) is 11.3 Å². The summed E-state index contributed by atoms with van der Waals surface area (Å²) >= 11 is 0. The summed E-state index contributed by atoms with van der Waals surface area (Å²) in [5.74, 6) is -0.00691. The first-order chi connectivity index (χ1) is 14.7. The van der Waals surface area contributed by atoms with Gasteiger partial charge in [-0.3, -0.25) is 14.6 Å². The lowest BCUT2D eigenvalue weighted by Crippen LogP contribution is -2.47. The molecule has 5 rings (SSSR count). The van der Waals surface area contributed by atoms with Crippen LogP contribution in [0.3, 0.4) is 0 Å². The molecule has 1 amide bonds. The van der Waals surface area contributed by atoms with Crippen molar-refractivity contribution in [2.24, 2.45) is 0 Å². The molecular weight excluding hydrogens is 380 g/mol. The van der Waals surface area contributed by atoms with E-state index in [2.05, 4.69) is 15.4 Å². The molecule has 2 atom stereocenters. The average Bonchev–Trinajstić information content (AvgIpc) is 3.49. The van der Waals surface area contributed by atoms with Crippen LogP contribution in [-0.4, -0.2) is 39.9 Å². The monoisotopic (exact) mass is 402 g/mol. The molecule has 1 saturated carbocycles. The van der Waals surface area contributed by atoms with Crippen molar-refractivity contribution < 1.29 is 9.53 Å². The third-order valence-corrected chi connectivity index (χ3v) is 5.99. The highest BCUT2D eigenvalue weighted by Gasteiger charge is 2.52. The predicted molar refractivity (Wildman–Crippen MR) is 111 cm³/mol. The van der Waals surface area contributed by atoms with Crippen LogP contribution in [0.5, 0.6) is 0 Å². The number of rotatable bonds is 5. The normalized spacial score (nSPS) is 21.9. The Bertz CT molecular complexity index is 1110. The maximum atomic E-state index is 13.2. The van der Waals surface area contributed by atoms with Crippen LogP contribution in [0.15, 0.2) is 71.8 Å². The van der Waals surface area contributed by atoms with Gasteiger partial charge in [0.05, 0.1) is 30.4 Å². The second-order valence-electron chi connectivity index (χ2n) is 7.87. The Labute approximate surface area is 173 Å². The zero-order valence-electron chi connectivity index (χ0n) is 16.4. The summed E-state index contributed by atoms with van der Waals surface area (Å²) in [7, 11) is 0. The van der Waals surface area contributed by atoms with E-state index >= 15 is 0 Å². The summed E-state index contributed by atoms with van der Waals surface area (Å²) in [4.78, 5) is 29.7. The number of ether oxygens (including phenoxy) is 1. The van der Waals surface area contributed by atoms with Crippen LogP contribution in [0.25, 0.3) is 11.3 Å². The Kier molecular flexibility index (Phi) is 4.67. The van der Waals surface area contributed by atoms with E-state index in [1.807, 2.05) is 42.5 Å². The molecule has 3 aromatic rings. The van der Waals surface area contributed by atoms with Gasteiger partial charge >= 0.3 is 0 Å². The molecule has 0 radical (unpaired) electrons. The second kappa shape index (κ2) is 7.50. The van der Waals surface area contributed by atoms with Crippen LogP contribution in [0.4, 0.5) is 0 Å². The molecule has 2 unspecified atom stereocenters. The highest BCUT2D eigenvalue weighted by molar-refractivity contribution is 5.91. The number of pyridine rings is 1. The van der Waals surface area contributed by atoms with Crippen molar-refractivity contribution in [2.75, 3.05) is 13.2 Å². The number of hydrogen-bond donors (Lipinski definition) is 1. The molecule has 0 bridgehead atoms. The van der Waals surface area contributed by atoms with Crippen molar-refractivity contribution in [2.45, 2.75) is 30.3 Å². The fourth-order valence-electron chi connectivity index (χ4n) is 4.10. The molecule has 1 saturated heterocycles. The molecular formula is C23H22N4O3. The van der Waals surface area contributed by atoms with Crippen molar-refractivity contribution in [1.82, 2.24) is 20.1 Å². The maximum Gasteiger partial charge on any atom is 0.267 e. The van der Waals surface area contributed by atoms with Gasteiger partial charge in [-0.15, -0.1) is 0 Å². The SMILES string of the molecule is O=C(NC1COCC1n1nc(-c2ccncc2)ccc1=O)C1(c2ccccc2)CC1. The van der Waals surface area contributed by atoms with Crippen LogP contribution < -0.4 is 10.9 Å². The van der Waals surface area contributed by atoms with E-state index in [1.165, 1.54) is 10.7 Å². The number of hydrogen-bond acceptors (Lipinski definition) is 5. The summed E-state index contributed by atoms with van der Waals surface area (Å²) in [5.41, 5.74) is 1.90. The lowest BCUT2D eigenvalue weighted by Gasteiger charge is -2.24. The van der Waals surface area contributed by atoms with Crippen molar-refractivity contribution in [3.63, 3.8) is 0 Å². The molecule has 152 valence electrons. The van der Waals surface area contributed by atoms with E-state index in [0.29, 0.717) is 18.9 Å². The van der Waals surface area contributed by atoms with Crippen LogP contribution in [0, 0.1) is 0 Å². The van der Waals surface area contributed by atoms with Gasteiger partial charge < -0.3 is 10.1 Å². The fourth-order valence-corrected chi connectivity index (χ4v) is 4.10. The Morgan fingerprint density at radius 2 is 1.80 bits per heavy atom. The van der Waals surface area contributed by atoms with Crippen molar-refractivity contribution in [1.29, 1.82) is 0 Å². The van der Waals surface area contributed by atoms with Gasteiger partial charge in [-0.05, 0) is 36.6 Å². The first kappa shape index (κ1) is 18.7. The largest absolute Gasteiger partial charge is 0.377 e. The van der Waals surface area contributed by atoms with E-state index in [1.54, 1.807) is 18.5 Å². The minimum Gasteiger partial charge on any atom is -0.377 e. The molecule has 30 heavy (non-hydrogen) atoms. The zero-order valence-corrected chi connectivity index (χ0v) is 16.4. The molecule has 7 nitrogen and oxygen atoms in total.